The third-order valence-electron chi connectivity index (χ3n) is 3.52. The topological polar surface area (TPSA) is 33.6 Å². The van der Waals surface area contributed by atoms with E-state index in [0.29, 0.717) is 0 Å². The van der Waals surface area contributed by atoms with E-state index in [1.165, 1.54) is 22.0 Å². The lowest BCUT2D eigenvalue weighted by atomic mass is 10.1. The number of aromatic amines is 1. The fraction of sp³-hybridized carbons (Fsp3) is 0. The first-order valence-electron chi connectivity index (χ1n) is 6.58. The second-order valence-electron chi connectivity index (χ2n) is 4.72. The van der Waals surface area contributed by atoms with Crippen LogP contribution >= 0.6 is 0 Å². The van der Waals surface area contributed by atoms with Crippen molar-refractivity contribution in [2.45, 2.75) is 0 Å². The lowest BCUT2D eigenvalue weighted by molar-refractivity contribution is 1.04. The highest BCUT2D eigenvalue weighted by Crippen LogP contribution is 2.31. The van der Waals surface area contributed by atoms with Crippen molar-refractivity contribution in [2.75, 3.05) is 0 Å². The molecule has 0 atom stereocenters. The van der Waals surface area contributed by atoms with Crippen molar-refractivity contribution >= 4 is 10.9 Å². The highest BCUT2D eigenvalue weighted by atomic mass is 15.0. The zero-order chi connectivity index (χ0) is 13.4. The van der Waals surface area contributed by atoms with Gasteiger partial charge in [-0.05, 0) is 24.3 Å². The molecule has 0 aliphatic rings. The molecule has 4 aromatic rings. The van der Waals surface area contributed by atoms with Gasteiger partial charge >= 0.3 is 0 Å². The number of hydrogen-bond acceptors (Lipinski definition) is 1. The maximum atomic E-state index is 4.45. The van der Waals surface area contributed by atoms with Crippen LogP contribution in [-0.2, 0) is 0 Å². The smallest absolute Gasteiger partial charge is 0.137 e. The van der Waals surface area contributed by atoms with Crippen LogP contribution in [0.4, 0.5) is 0 Å². The van der Waals surface area contributed by atoms with Crippen molar-refractivity contribution in [3.05, 3.63) is 73.3 Å². The molecule has 0 unspecified atom stereocenters. The van der Waals surface area contributed by atoms with Crippen LogP contribution in [0.1, 0.15) is 0 Å². The molecule has 0 aliphatic carbocycles. The molecule has 0 saturated carbocycles. The molecule has 0 aliphatic heterocycles. The summed E-state index contributed by atoms with van der Waals surface area (Å²) in [6.07, 6.45) is 7.93. The fourth-order valence-corrected chi connectivity index (χ4v) is 2.59. The van der Waals surface area contributed by atoms with Gasteiger partial charge in [0.15, 0.2) is 0 Å². The molecule has 0 bridgehead atoms. The van der Waals surface area contributed by atoms with E-state index in [1.54, 1.807) is 0 Å². The number of pyridine rings is 1. The van der Waals surface area contributed by atoms with Gasteiger partial charge in [-0.15, -0.1) is 0 Å². The molecule has 20 heavy (non-hydrogen) atoms. The van der Waals surface area contributed by atoms with Gasteiger partial charge in [0.1, 0.15) is 5.82 Å². The second-order valence-corrected chi connectivity index (χ2v) is 4.72. The van der Waals surface area contributed by atoms with Gasteiger partial charge in [-0.3, -0.25) is 0 Å². The first-order valence-corrected chi connectivity index (χ1v) is 6.58. The average molecular weight is 259 g/mol. The van der Waals surface area contributed by atoms with Crippen molar-refractivity contribution in [1.82, 2.24) is 14.5 Å². The van der Waals surface area contributed by atoms with Gasteiger partial charge in [0.05, 0.1) is 5.52 Å². The summed E-state index contributed by atoms with van der Waals surface area (Å²) in [5.74, 6) is 0.936. The lowest BCUT2D eigenvalue weighted by Gasteiger charge is -2.02. The zero-order valence-corrected chi connectivity index (χ0v) is 10.8. The third kappa shape index (κ3) is 1.64. The van der Waals surface area contributed by atoms with Gasteiger partial charge in [-0.2, -0.15) is 0 Å². The minimum Gasteiger partial charge on any atom is -0.367 e. The van der Waals surface area contributed by atoms with Gasteiger partial charge in [-0.25, -0.2) is 4.98 Å². The Kier molecular flexibility index (Phi) is 2.42. The molecular formula is C17H13N3. The van der Waals surface area contributed by atoms with Gasteiger partial charge in [-0.1, -0.05) is 24.3 Å². The summed E-state index contributed by atoms with van der Waals surface area (Å²) in [7, 11) is 0. The molecule has 0 spiro atoms. The normalized spacial score (nSPS) is 11.0. The molecule has 0 amide bonds. The highest BCUT2D eigenvalue weighted by Gasteiger charge is 2.11. The minimum atomic E-state index is 0.936. The third-order valence-corrected chi connectivity index (χ3v) is 3.52. The number of para-hydroxylation sites is 1. The van der Waals surface area contributed by atoms with Crippen LogP contribution in [0.5, 0.6) is 0 Å². The van der Waals surface area contributed by atoms with Crippen molar-refractivity contribution in [3.8, 4) is 16.9 Å². The maximum Gasteiger partial charge on any atom is 0.137 e. The maximum absolute atomic E-state index is 4.45. The SMILES string of the molecule is c1ccc(-n2cc(-c3cc[nH]c3)c3ccccc32)nc1. The molecule has 4 rings (SSSR count). The molecule has 0 radical (unpaired) electrons. The Labute approximate surface area is 116 Å². The van der Waals surface area contributed by atoms with Crippen LogP contribution in [0, 0.1) is 0 Å². The van der Waals surface area contributed by atoms with E-state index in [0.717, 1.165) is 5.82 Å². The molecule has 3 nitrogen and oxygen atoms in total. The second kappa shape index (κ2) is 4.38. The molecule has 1 N–H and O–H groups in total. The highest BCUT2D eigenvalue weighted by molar-refractivity contribution is 5.96. The number of fused-ring (bicyclic) bond motifs is 1. The Hall–Kier alpha value is -2.81. The molecule has 3 aromatic heterocycles. The Morgan fingerprint density at radius 2 is 1.85 bits per heavy atom. The molecule has 3 heterocycles. The first kappa shape index (κ1) is 11.1. The summed E-state index contributed by atoms with van der Waals surface area (Å²) < 4.78 is 2.14. The number of rotatable bonds is 2. The van der Waals surface area contributed by atoms with Crippen LogP contribution < -0.4 is 0 Å². The van der Waals surface area contributed by atoms with Crippen LogP contribution in [0.15, 0.2) is 73.3 Å². The summed E-state index contributed by atoms with van der Waals surface area (Å²) in [5, 5.41) is 1.23. The Balaban J connectivity index is 2.04. The Bertz CT molecular complexity index is 842. The molecule has 3 heteroatoms. The van der Waals surface area contributed by atoms with E-state index in [4.69, 9.17) is 0 Å². The molecule has 96 valence electrons. The fourth-order valence-electron chi connectivity index (χ4n) is 2.59. The average Bonchev–Trinajstić information content (AvgIpc) is 3.15. The van der Waals surface area contributed by atoms with Crippen LogP contribution in [-0.4, -0.2) is 14.5 Å². The quantitative estimate of drug-likeness (QED) is 0.579. The van der Waals surface area contributed by atoms with Gasteiger partial charge in [0.2, 0.25) is 0 Å². The van der Waals surface area contributed by atoms with E-state index in [1.807, 2.05) is 36.8 Å². The first-order chi connectivity index (χ1) is 9.93. The van der Waals surface area contributed by atoms with Crippen LogP contribution in [0.3, 0.4) is 0 Å². The van der Waals surface area contributed by atoms with Crippen LogP contribution in [0.25, 0.3) is 27.8 Å². The number of nitrogens with one attached hydrogen (secondary N) is 1. The summed E-state index contributed by atoms with van der Waals surface area (Å²) in [6.45, 7) is 0. The molecule has 0 fully saturated rings. The van der Waals surface area contributed by atoms with E-state index in [9.17, 15) is 0 Å². The Morgan fingerprint density at radius 1 is 0.950 bits per heavy atom. The molecule has 1 aromatic carbocycles. The lowest BCUT2D eigenvalue weighted by Crippen LogP contribution is -1.93. The zero-order valence-electron chi connectivity index (χ0n) is 10.8. The van der Waals surface area contributed by atoms with Crippen molar-refractivity contribution in [1.29, 1.82) is 0 Å². The largest absolute Gasteiger partial charge is 0.367 e. The predicted octanol–water partition coefficient (Wildman–Crippen LogP) is 4.02. The standard InChI is InChI=1S/C17H13N3/c1-2-6-16-14(5-1)15(13-8-10-18-11-13)12-20(16)17-7-3-4-9-19-17/h1-12,18H. The number of hydrogen-bond donors (Lipinski definition) is 1. The molecular weight excluding hydrogens is 246 g/mol. The van der Waals surface area contributed by atoms with E-state index in [2.05, 4.69) is 51.1 Å². The predicted molar refractivity (Wildman–Crippen MR) is 80.9 cm³/mol. The van der Waals surface area contributed by atoms with E-state index >= 15 is 0 Å². The number of H-pyrrole nitrogens is 1. The monoisotopic (exact) mass is 259 g/mol. The number of aromatic nitrogens is 3. The molecule has 0 saturated heterocycles. The minimum absolute atomic E-state index is 0.936. The number of nitrogens with zero attached hydrogens (tertiary/aromatic N) is 2. The van der Waals surface area contributed by atoms with Crippen molar-refractivity contribution < 1.29 is 0 Å². The van der Waals surface area contributed by atoms with E-state index in [-0.39, 0.29) is 0 Å². The van der Waals surface area contributed by atoms with Gasteiger partial charge in [0.25, 0.3) is 0 Å². The van der Waals surface area contributed by atoms with Crippen molar-refractivity contribution in [2.24, 2.45) is 0 Å². The summed E-state index contributed by atoms with van der Waals surface area (Å²) in [5.41, 5.74) is 3.57. The van der Waals surface area contributed by atoms with Gasteiger partial charge < -0.3 is 9.55 Å². The Morgan fingerprint density at radius 3 is 2.65 bits per heavy atom. The van der Waals surface area contributed by atoms with Crippen molar-refractivity contribution in [3.63, 3.8) is 0 Å². The summed E-state index contributed by atoms with van der Waals surface area (Å²) in [6, 6.07) is 16.5. The van der Waals surface area contributed by atoms with E-state index < -0.39 is 0 Å². The van der Waals surface area contributed by atoms with Gasteiger partial charge in [0, 0.05) is 41.3 Å². The number of benzene rings is 1. The summed E-state index contributed by atoms with van der Waals surface area (Å²) in [4.78, 5) is 7.57. The summed E-state index contributed by atoms with van der Waals surface area (Å²) >= 11 is 0. The van der Waals surface area contributed by atoms with Crippen LogP contribution in [0.2, 0.25) is 0 Å².